The largest absolute Gasteiger partial charge is 0.468 e. The number of hydrogen-bond donors (Lipinski definition) is 0. The third-order valence-electron chi connectivity index (χ3n) is 4.25. The summed E-state index contributed by atoms with van der Waals surface area (Å²) in [5.74, 6) is -0.413. The van der Waals surface area contributed by atoms with Crippen molar-refractivity contribution in [3.8, 4) is 0 Å². The van der Waals surface area contributed by atoms with Crippen LogP contribution in [0.5, 0.6) is 0 Å². The van der Waals surface area contributed by atoms with E-state index >= 15 is 0 Å². The predicted octanol–water partition coefficient (Wildman–Crippen LogP) is 2.86. The Bertz CT molecular complexity index is 513. The van der Waals surface area contributed by atoms with Crippen LogP contribution in [-0.2, 0) is 9.53 Å². The summed E-state index contributed by atoms with van der Waals surface area (Å²) in [7, 11) is 1.36. The summed E-state index contributed by atoms with van der Waals surface area (Å²) in [5, 5.41) is 0. The summed E-state index contributed by atoms with van der Waals surface area (Å²) in [6, 6.07) is 5.97. The van der Waals surface area contributed by atoms with E-state index in [9.17, 15) is 9.59 Å². The third-order valence-corrected chi connectivity index (χ3v) is 4.25. The maximum absolute atomic E-state index is 12.9. The van der Waals surface area contributed by atoms with E-state index in [1.54, 1.807) is 4.90 Å². The van der Waals surface area contributed by atoms with Crippen LogP contribution in [0.2, 0.25) is 0 Å². The van der Waals surface area contributed by atoms with Gasteiger partial charge in [0.2, 0.25) is 0 Å². The van der Waals surface area contributed by atoms with Gasteiger partial charge in [-0.05, 0) is 37.8 Å². The molecule has 0 unspecified atom stereocenters. The molecule has 4 heteroatoms. The second-order valence-electron chi connectivity index (χ2n) is 5.71. The molecule has 114 valence electrons. The molecule has 0 radical (unpaired) electrons. The van der Waals surface area contributed by atoms with Gasteiger partial charge in [0.1, 0.15) is 6.54 Å². The zero-order chi connectivity index (χ0) is 15.4. The fourth-order valence-corrected chi connectivity index (χ4v) is 3.08. The molecule has 0 heterocycles. The third kappa shape index (κ3) is 3.43. The molecule has 1 fully saturated rings. The maximum atomic E-state index is 12.9. The van der Waals surface area contributed by atoms with Crippen LogP contribution in [0, 0.1) is 13.8 Å². The van der Waals surface area contributed by atoms with Crippen molar-refractivity contribution in [2.24, 2.45) is 0 Å². The molecule has 0 spiro atoms. The summed E-state index contributed by atoms with van der Waals surface area (Å²) in [5.41, 5.74) is 2.62. The van der Waals surface area contributed by atoms with Crippen molar-refractivity contribution >= 4 is 11.9 Å². The van der Waals surface area contributed by atoms with Crippen LogP contribution in [0.1, 0.15) is 47.2 Å². The van der Waals surface area contributed by atoms with Crippen molar-refractivity contribution in [2.75, 3.05) is 13.7 Å². The Kier molecular flexibility index (Phi) is 4.99. The highest BCUT2D eigenvalue weighted by Gasteiger charge is 2.30. The van der Waals surface area contributed by atoms with Gasteiger partial charge in [0, 0.05) is 11.6 Å². The summed E-state index contributed by atoms with van der Waals surface area (Å²) >= 11 is 0. The number of esters is 1. The lowest BCUT2D eigenvalue weighted by molar-refractivity contribution is -0.141. The molecule has 1 saturated carbocycles. The highest BCUT2D eigenvalue weighted by molar-refractivity contribution is 5.98. The Labute approximate surface area is 126 Å². The van der Waals surface area contributed by atoms with Gasteiger partial charge >= 0.3 is 5.97 Å². The topological polar surface area (TPSA) is 46.6 Å². The number of rotatable bonds is 4. The van der Waals surface area contributed by atoms with Gasteiger partial charge in [-0.25, -0.2) is 0 Å². The molecule has 1 aliphatic rings. The number of hydrogen-bond acceptors (Lipinski definition) is 3. The molecule has 0 N–H and O–H groups in total. The molecule has 4 nitrogen and oxygen atoms in total. The molecular weight excluding hydrogens is 266 g/mol. The molecule has 0 aromatic heterocycles. The molecule has 0 saturated heterocycles. The quantitative estimate of drug-likeness (QED) is 0.801. The lowest BCUT2D eigenvalue weighted by Crippen LogP contribution is -2.43. The van der Waals surface area contributed by atoms with Crippen molar-refractivity contribution in [3.63, 3.8) is 0 Å². The number of aryl methyl sites for hydroxylation is 2. The molecule has 21 heavy (non-hydrogen) atoms. The Morgan fingerprint density at radius 1 is 1.19 bits per heavy atom. The minimum Gasteiger partial charge on any atom is -0.468 e. The van der Waals surface area contributed by atoms with Crippen LogP contribution in [0.4, 0.5) is 0 Å². The van der Waals surface area contributed by atoms with E-state index in [0.717, 1.165) is 36.8 Å². The Balaban J connectivity index is 2.30. The molecule has 1 aromatic rings. The zero-order valence-corrected chi connectivity index (χ0v) is 13.0. The van der Waals surface area contributed by atoms with Gasteiger partial charge in [-0.15, -0.1) is 0 Å². The molecule has 1 aromatic carbocycles. The van der Waals surface area contributed by atoms with Crippen LogP contribution in [0.25, 0.3) is 0 Å². The van der Waals surface area contributed by atoms with E-state index in [1.807, 2.05) is 32.0 Å². The van der Waals surface area contributed by atoms with Crippen molar-refractivity contribution in [3.05, 3.63) is 34.9 Å². The number of benzene rings is 1. The monoisotopic (exact) mass is 289 g/mol. The van der Waals surface area contributed by atoms with E-state index in [0.29, 0.717) is 5.56 Å². The fraction of sp³-hybridized carbons (Fsp3) is 0.529. The first-order valence-corrected chi connectivity index (χ1v) is 7.48. The van der Waals surface area contributed by atoms with Crippen LogP contribution >= 0.6 is 0 Å². The number of ether oxygens (including phenoxy) is 1. The van der Waals surface area contributed by atoms with E-state index in [-0.39, 0.29) is 24.5 Å². The minimum absolute atomic E-state index is 0.0355. The molecule has 0 aliphatic heterocycles. The molecule has 0 bridgehead atoms. The summed E-state index contributed by atoms with van der Waals surface area (Å²) in [6.07, 6.45) is 4.16. The van der Waals surface area contributed by atoms with Gasteiger partial charge in [0.05, 0.1) is 7.11 Å². The van der Waals surface area contributed by atoms with Crippen LogP contribution < -0.4 is 0 Å². The SMILES string of the molecule is COC(=O)CN(C(=O)c1c(C)cccc1C)C1CCCC1. The first-order valence-electron chi connectivity index (χ1n) is 7.48. The Morgan fingerprint density at radius 3 is 2.29 bits per heavy atom. The van der Waals surface area contributed by atoms with Crippen molar-refractivity contribution < 1.29 is 14.3 Å². The van der Waals surface area contributed by atoms with Crippen LogP contribution in [-0.4, -0.2) is 36.5 Å². The van der Waals surface area contributed by atoms with Crippen molar-refractivity contribution in [2.45, 2.75) is 45.6 Å². The Morgan fingerprint density at radius 2 is 1.76 bits per heavy atom. The van der Waals surface area contributed by atoms with Crippen LogP contribution in [0.15, 0.2) is 18.2 Å². The van der Waals surface area contributed by atoms with Crippen molar-refractivity contribution in [1.82, 2.24) is 4.90 Å². The van der Waals surface area contributed by atoms with E-state index in [2.05, 4.69) is 0 Å². The smallest absolute Gasteiger partial charge is 0.325 e. The number of amides is 1. The average molecular weight is 289 g/mol. The predicted molar refractivity (Wildman–Crippen MR) is 81.2 cm³/mol. The highest BCUT2D eigenvalue weighted by atomic mass is 16.5. The van der Waals surface area contributed by atoms with Gasteiger partial charge in [-0.2, -0.15) is 0 Å². The molecule has 1 amide bonds. The van der Waals surface area contributed by atoms with Crippen LogP contribution in [0.3, 0.4) is 0 Å². The average Bonchev–Trinajstić information content (AvgIpc) is 2.97. The fourth-order valence-electron chi connectivity index (χ4n) is 3.08. The van der Waals surface area contributed by atoms with Gasteiger partial charge in [0.25, 0.3) is 5.91 Å². The number of carbonyl (C=O) groups is 2. The minimum atomic E-state index is -0.360. The molecular formula is C17H23NO3. The molecule has 0 atom stereocenters. The lowest BCUT2D eigenvalue weighted by Gasteiger charge is -2.29. The van der Waals surface area contributed by atoms with E-state index < -0.39 is 0 Å². The van der Waals surface area contributed by atoms with Gasteiger partial charge < -0.3 is 9.64 Å². The number of methoxy groups -OCH3 is 1. The zero-order valence-electron chi connectivity index (χ0n) is 13.0. The molecule has 2 rings (SSSR count). The number of carbonyl (C=O) groups excluding carboxylic acids is 2. The Hall–Kier alpha value is -1.84. The summed E-state index contributed by atoms with van der Waals surface area (Å²) in [4.78, 5) is 26.3. The van der Waals surface area contributed by atoms with E-state index in [1.165, 1.54) is 7.11 Å². The van der Waals surface area contributed by atoms with Gasteiger partial charge in [0.15, 0.2) is 0 Å². The number of nitrogens with zero attached hydrogens (tertiary/aromatic N) is 1. The summed E-state index contributed by atoms with van der Waals surface area (Å²) in [6.45, 7) is 3.91. The highest BCUT2D eigenvalue weighted by Crippen LogP contribution is 2.26. The first-order chi connectivity index (χ1) is 10.0. The summed E-state index contributed by atoms with van der Waals surface area (Å²) < 4.78 is 4.75. The second kappa shape index (κ2) is 6.74. The van der Waals surface area contributed by atoms with Gasteiger partial charge in [-0.3, -0.25) is 9.59 Å². The normalized spacial score (nSPS) is 15.0. The lowest BCUT2D eigenvalue weighted by atomic mass is 10.0. The standard InChI is InChI=1S/C17H23NO3/c1-12-7-6-8-13(2)16(12)17(20)18(11-15(19)21-3)14-9-4-5-10-14/h6-8,14H,4-5,9-11H2,1-3H3. The second-order valence-corrected chi connectivity index (χ2v) is 5.71. The van der Waals surface area contributed by atoms with Crippen molar-refractivity contribution in [1.29, 1.82) is 0 Å². The first kappa shape index (κ1) is 15.5. The molecule has 1 aliphatic carbocycles. The van der Waals surface area contributed by atoms with E-state index in [4.69, 9.17) is 4.74 Å². The van der Waals surface area contributed by atoms with Gasteiger partial charge in [-0.1, -0.05) is 31.0 Å². The maximum Gasteiger partial charge on any atom is 0.325 e.